The summed E-state index contributed by atoms with van der Waals surface area (Å²) in [5.41, 5.74) is 3.33. The van der Waals surface area contributed by atoms with E-state index in [0.29, 0.717) is 11.6 Å². The second kappa shape index (κ2) is 6.73. The van der Waals surface area contributed by atoms with Gasteiger partial charge in [-0.2, -0.15) is 0 Å². The molecule has 2 unspecified atom stereocenters. The van der Waals surface area contributed by atoms with Crippen molar-refractivity contribution in [2.24, 2.45) is 0 Å². The predicted octanol–water partition coefficient (Wildman–Crippen LogP) is 3.35. The van der Waals surface area contributed by atoms with E-state index in [-0.39, 0.29) is 11.4 Å². The molecular weight excluding hydrogens is 343 g/mol. The van der Waals surface area contributed by atoms with Gasteiger partial charge in [0.25, 0.3) is 0 Å². The van der Waals surface area contributed by atoms with Crippen molar-refractivity contribution in [2.75, 3.05) is 27.2 Å². The lowest BCUT2D eigenvalue weighted by Gasteiger charge is -2.54. The van der Waals surface area contributed by atoms with Gasteiger partial charge in [-0.25, -0.2) is 9.18 Å². The van der Waals surface area contributed by atoms with Gasteiger partial charge in [-0.3, -0.25) is 4.90 Å². The van der Waals surface area contributed by atoms with Crippen molar-refractivity contribution in [2.45, 2.75) is 30.8 Å². The first-order valence-corrected chi connectivity index (χ1v) is 9.46. The molecule has 142 valence electrons. The van der Waals surface area contributed by atoms with Crippen LogP contribution in [0.15, 0.2) is 42.5 Å². The van der Waals surface area contributed by atoms with Crippen molar-refractivity contribution >= 4 is 5.97 Å². The van der Waals surface area contributed by atoms with E-state index >= 15 is 0 Å². The first kappa shape index (κ1) is 18.1. The summed E-state index contributed by atoms with van der Waals surface area (Å²) in [6, 6.07) is 12.8. The summed E-state index contributed by atoms with van der Waals surface area (Å²) in [5.74, 6) is -1.13. The number of halogens is 1. The van der Waals surface area contributed by atoms with Gasteiger partial charge in [0.2, 0.25) is 0 Å². The molecule has 1 fully saturated rings. The lowest BCUT2D eigenvalue weighted by Crippen LogP contribution is -2.58. The summed E-state index contributed by atoms with van der Waals surface area (Å²) in [4.78, 5) is 16.2. The molecule has 2 aromatic rings. The van der Waals surface area contributed by atoms with Crippen LogP contribution in [0.2, 0.25) is 0 Å². The van der Waals surface area contributed by atoms with Gasteiger partial charge in [-0.15, -0.1) is 0 Å². The third-order valence-electron chi connectivity index (χ3n) is 6.30. The predicted molar refractivity (Wildman–Crippen MR) is 103 cm³/mol. The molecule has 0 saturated carbocycles. The summed E-state index contributed by atoms with van der Waals surface area (Å²) in [6.07, 6.45) is 2.84. The third kappa shape index (κ3) is 2.95. The van der Waals surface area contributed by atoms with Gasteiger partial charge in [-0.1, -0.05) is 18.2 Å². The van der Waals surface area contributed by atoms with Gasteiger partial charge in [0.1, 0.15) is 5.82 Å². The lowest BCUT2D eigenvalue weighted by molar-refractivity contribution is 0.0244. The van der Waals surface area contributed by atoms with Crippen LogP contribution in [-0.4, -0.2) is 54.1 Å². The van der Waals surface area contributed by atoms with Crippen molar-refractivity contribution in [1.29, 1.82) is 0 Å². The summed E-state index contributed by atoms with van der Waals surface area (Å²) in [5, 5.41) is 9.39. The third-order valence-corrected chi connectivity index (χ3v) is 6.30. The number of piperidine rings is 1. The standard InChI is InChI=1S/C22H25FN2O2/c1-24(2)19-10-12-25-11-9-15-13-16(21(26)27)3-8-20(15)22(25,14-19)17-4-6-18(23)7-5-17/h3-8,13,19H,9-12,14H2,1-2H3,(H,26,27). The van der Waals surface area contributed by atoms with Gasteiger partial charge in [0.15, 0.2) is 0 Å². The van der Waals surface area contributed by atoms with Crippen LogP contribution in [0.4, 0.5) is 4.39 Å². The summed E-state index contributed by atoms with van der Waals surface area (Å²) >= 11 is 0. The molecule has 2 atom stereocenters. The van der Waals surface area contributed by atoms with Crippen molar-refractivity contribution < 1.29 is 14.3 Å². The van der Waals surface area contributed by atoms with Crippen molar-refractivity contribution in [1.82, 2.24) is 9.80 Å². The number of carboxylic acid groups (broad SMARTS) is 1. The first-order valence-electron chi connectivity index (χ1n) is 9.46. The van der Waals surface area contributed by atoms with Crippen LogP contribution in [-0.2, 0) is 12.0 Å². The molecule has 0 aliphatic carbocycles. The number of rotatable bonds is 3. The van der Waals surface area contributed by atoms with Crippen molar-refractivity contribution in [3.05, 3.63) is 70.5 Å². The van der Waals surface area contributed by atoms with E-state index in [1.807, 2.05) is 24.3 Å². The molecule has 2 aromatic carbocycles. The number of aromatic carboxylic acids is 1. The topological polar surface area (TPSA) is 43.8 Å². The Hall–Kier alpha value is -2.24. The van der Waals surface area contributed by atoms with E-state index in [0.717, 1.165) is 49.0 Å². The van der Waals surface area contributed by atoms with Gasteiger partial charge < -0.3 is 10.0 Å². The van der Waals surface area contributed by atoms with Crippen LogP contribution in [0.3, 0.4) is 0 Å². The fraction of sp³-hybridized carbons (Fsp3) is 0.409. The highest BCUT2D eigenvalue weighted by molar-refractivity contribution is 5.88. The van der Waals surface area contributed by atoms with E-state index < -0.39 is 5.97 Å². The Morgan fingerprint density at radius 3 is 2.59 bits per heavy atom. The number of carboxylic acids is 1. The fourth-order valence-corrected chi connectivity index (χ4v) is 4.87. The van der Waals surface area contributed by atoms with Crippen LogP contribution >= 0.6 is 0 Å². The Labute approximate surface area is 159 Å². The number of benzene rings is 2. The quantitative estimate of drug-likeness (QED) is 0.902. The molecule has 27 heavy (non-hydrogen) atoms. The zero-order valence-electron chi connectivity index (χ0n) is 15.8. The van der Waals surface area contributed by atoms with Crippen molar-refractivity contribution in [3.8, 4) is 0 Å². The molecule has 4 nitrogen and oxygen atoms in total. The second-order valence-electron chi connectivity index (χ2n) is 7.89. The smallest absolute Gasteiger partial charge is 0.335 e. The van der Waals surface area contributed by atoms with Crippen LogP contribution in [0.25, 0.3) is 0 Å². The number of nitrogens with zero attached hydrogens (tertiary/aromatic N) is 2. The second-order valence-corrected chi connectivity index (χ2v) is 7.89. The van der Waals surface area contributed by atoms with Gasteiger partial charge >= 0.3 is 5.97 Å². The Balaban J connectivity index is 1.91. The number of carbonyl (C=O) groups is 1. The van der Waals surface area contributed by atoms with Crippen LogP contribution in [0, 0.1) is 5.82 Å². The molecule has 4 rings (SSSR count). The van der Waals surface area contributed by atoms with Gasteiger partial charge in [0.05, 0.1) is 11.1 Å². The fourth-order valence-electron chi connectivity index (χ4n) is 4.87. The monoisotopic (exact) mass is 368 g/mol. The maximum Gasteiger partial charge on any atom is 0.335 e. The number of fused-ring (bicyclic) bond motifs is 3. The maximum absolute atomic E-state index is 13.6. The van der Waals surface area contributed by atoms with E-state index in [4.69, 9.17) is 0 Å². The molecule has 2 aliphatic rings. The largest absolute Gasteiger partial charge is 0.478 e. The highest BCUT2D eigenvalue weighted by Gasteiger charge is 2.48. The first-order chi connectivity index (χ1) is 12.9. The molecule has 2 aliphatic heterocycles. The number of hydrogen-bond donors (Lipinski definition) is 1. The van der Waals surface area contributed by atoms with Crippen LogP contribution in [0.1, 0.15) is 39.9 Å². The molecule has 0 bridgehead atoms. The Bertz CT molecular complexity index is 865. The normalized spacial score (nSPS) is 25.1. The summed E-state index contributed by atoms with van der Waals surface area (Å²) in [7, 11) is 4.21. The summed E-state index contributed by atoms with van der Waals surface area (Å²) in [6.45, 7) is 1.86. The molecule has 0 radical (unpaired) electrons. The van der Waals surface area contributed by atoms with E-state index in [2.05, 4.69) is 23.9 Å². The Morgan fingerprint density at radius 2 is 1.93 bits per heavy atom. The minimum absolute atomic E-state index is 0.237. The molecule has 0 amide bonds. The highest BCUT2D eigenvalue weighted by Crippen LogP contribution is 2.48. The molecule has 0 aromatic heterocycles. The molecule has 1 N–H and O–H groups in total. The average molecular weight is 368 g/mol. The molecule has 2 heterocycles. The minimum Gasteiger partial charge on any atom is -0.478 e. The van der Waals surface area contributed by atoms with E-state index in [1.54, 1.807) is 6.07 Å². The van der Waals surface area contributed by atoms with Gasteiger partial charge in [0, 0.05) is 19.1 Å². The maximum atomic E-state index is 13.6. The van der Waals surface area contributed by atoms with E-state index in [9.17, 15) is 14.3 Å². The number of hydrogen-bond acceptors (Lipinski definition) is 3. The van der Waals surface area contributed by atoms with Crippen LogP contribution < -0.4 is 0 Å². The summed E-state index contributed by atoms with van der Waals surface area (Å²) < 4.78 is 13.6. The Morgan fingerprint density at radius 1 is 1.19 bits per heavy atom. The molecule has 0 spiro atoms. The minimum atomic E-state index is -0.897. The SMILES string of the molecule is CN(C)C1CCN2CCc3cc(C(=O)O)ccc3C2(c2ccc(F)cc2)C1. The highest BCUT2D eigenvalue weighted by atomic mass is 19.1. The zero-order chi connectivity index (χ0) is 19.2. The van der Waals surface area contributed by atoms with Gasteiger partial charge in [-0.05, 0) is 74.3 Å². The Kier molecular flexibility index (Phi) is 4.52. The molecule has 1 saturated heterocycles. The van der Waals surface area contributed by atoms with Crippen LogP contribution in [0.5, 0.6) is 0 Å². The average Bonchev–Trinajstić information content (AvgIpc) is 2.67. The lowest BCUT2D eigenvalue weighted by atomic mass is 9.69. The molecular formula is C22H25FN2O2. The molecule has 5 heteroatoms. The van der Waals surface area contributed by atoms with Crippen molar-refractivity contribution in [3.63, 3.8) is 0 Å². The zero-order valence-corrected chi connectivity index (χ0v) is 15.8. The van der Waals surface area contributed by atoms with E-state index in [1.165, 1.54) is 12.1 Å².